The Morgan fingerprint density at radius 2 is 2.47 bits per heavy atom. The molecule has 2 rings (SSSR count). The number of anilines is 1. The first-order valence-electron chi connectivity index (χ1n) is 5.82. The third-order valence-corrected chi connectivity index (χ3v) is 3.37. The van der Waals surface area contributed by atoms with E-state index in [2.05, 4.69) is 9.88 Å². The maximum atomic E-state index is 9.21. The monoisotopic (exact) mass is 251 g/mol. The summed E-state index contributed by atoms with van der Waals surface area (Å²) in [5.74, 6) is 1.24. The molecule has 4 nitrogen and oxygen atoms in total. The molecule has 0 amide bonds. The van der Waals surface area contributed by atoms with Crippen molar-refractivity contribution in [3.63, 3.8) is 0 Å². The van der Waals surface area contributed by atoms with E-state index in [9.17, 15) is 5.11 Å². The number of nitrogens with two attached hydrogens (primary N) is 1. The van der Waals surface area contributed by atoms with Crippen LogP contribution in [0.4, 0.5) is 5.82 Å². The number of aliphatic hydroxyl groups is 1. The molecule has 3 N–H and O–H groups in total. The number of hydrogen-bond donors (Lipinski definition) is 2. The molecule has 0 bridgehead atoms. The second-order valence-electron chi connectivity index (χ2n) is 4.40. The highest BCUT2D eigenvalue weighted by Gasteiger charge is 2.20. The van der Waals surface area contributed by atoms with E-state index in [1.807, 2.05) is 12.1 Å². The van der Waals surface area contributed by atoms with Crippen LogP contribution in [0, 0.1) is 5.92 Å². The zero-order chi connectivity index (χ0) is 12.3. The highest BCUT2D eigenvalue weighted by molar-refractivity contribution is 7.80. The molecule has 0 saturated carbocycles. The van der Waals surface area contributed by atoms with Gasteiger partial charge in [0.05, 0.1) is 0 Å². The van der Waals surface area contributed by atoms with Gasteiger partial charge in [-0.1, -0.05) is 12.2 Å². The molecule has 5 heteroatoms. The van der Waals surface area contributed by atoms with E-state index >= 15 is 0 Å². The Kier molecular flexibility index (Phi) is 3.91. The first-order valence-corrected chi connectivity index (χ1v) is 6.23. The molecule has 1 fully saturated rings. The SMILES string of the molecule is NC(=S)c1ccnc(N2CCCC(CO)C2)c1. The van der Waals surface area contributed by atoms with Crippen LogP contribution in [0.1, 0.15) is 18.4 Å². The highest BCUT2D eigenvalue weighted by Crippen LogP contribution is 2.21. The minimum Gasteiger partial charge on any atom is -0.396 e. The molecular formula is C12H17N3OS. The van der Waals surface area contributed by atoms with Crippen molar-refractivity contribution in [1.29, 1.82) is 0 Å². The maximum Gasteiger partial charge on any atom is 0.129 e. The van der Waals surface area contributed by atoms with Crippen LogP contribution in [0.5, 0.6) is 0 Å². The van der Waals surface area contributed by atoms with Gasteiger partial charge < -0.3 is 15.7 Å². The average molecular weight is 251 g/mol. The van der Waals surface area contributed by atoms with E-state index < -0.39 is 0 Å². The molecule has 1 saturated heterocycles. The smallest absolute Gasteiger partial charge is 0.129 e. The van der Waals surface area contributed by atoms with Gasteiger partial charge in [0.25, 0.3) is 0 Å². The van der Waals surface area contributed by atoms with E-state index in [-0.39, 0.29) is 6.61 Å². The number of nitrogens with zero attached hydrogens (tertiary/aromatic N) is 2. The number of rotatable bonds is 3. The van der Waals surface area contributed by atoms with Gasteiger partial charge in [-0.2, -0.15) is 0 Å². The Labute approximate surface area is 106 Å². The molecule has 1 atom stereocenters. The number of aliphatic hydroxyl groups excluding tert-OH is 1. The Morgan fingerprint density at radius 1 is 1.65 bits per heavy atom. The van der Waals surface area contributed by atoms with Crippen LogP contribution in [-0.4, -0.2) is 34.8 Å². The fourth-order valence-corrected chi connectivity index (χ4v) is 2.29. The van der Waals surface area contributed by atoms with E-state index in [1.165, 1.54) is 0 Å². The average Bonchev–Trinajstić information content (AvgIpc) is 2.39. The molecule has 0 aromatic carbocycles. The molecule has 1 aromatic heterocycles. The Balaban J connectivity index is 2.16. The van der Waals surface area contributed by atoms with Gasteiger partial charge in [-0.15, -0.1) is 0 Å². The summed E-state index contributed by atoms with van der Waals surface area (Å²) < 4.78 is 0. The summed E-state index contributed by atoms with van der Waals surface area (Å²) in [7, 11) is 0. The van der Waals surface area contributed by atoms with Gasteiger partial charge in [0.1, 0.15) is 10.8 Å². The van der Waals surface area contributed by atoms with Crippen molar-refractivity contribution in [2.75, 3.05) is 24.6 Å². The van der Waals surface area contributed by atoms with Crippen LogP contribution in [0.15, 0.2) is 18.3 Å². The quantitative estimate of drug-likeness (QED) is 0.782. The lowest BCUT2D eigenvalue weighted by atomic mass is 9.99. The summed E-state index contributed by atoms with van der Waals surface area (Å²) in [6, 6.07) is 3.74. The van der Waals surface area contributed by atoms with Crippen molar-refractivity contribution >= 4 is 23.0 Å². The standard InChI is InChI=1S/C12H17N3OS/c13-12(17)10-3-4-14-11(6-10)15-5-1-2-9(7-15)8-16/h3-4,6,9,16H,1-2,5,7-8H2,(H2,13,17). The summed E-state index contributed by atoms with van der Waals surface area (Å²) >= 11 is 4.96. The normalized spacial score (nSPS) is 20.3. The highest BCUT2D eigenvalue weighted by atomic mass is 32.1. The van der Waals surface area contributed by atoms with Gasteiger partial charge in [-0.25, -0.2) is 4.98 Å². The molecule has 2 heterocycles. The van der Waals surface area contributed by atoms with E-state index in [0.29, 0.717) is 10.9 Å². The van der Waals surface area contributed by atoms with Gasteiger partial charge in [-0.05, 0) is 30.9 Å². The Morgan fingerprint density at radius 3 is 3.18 bits per heavy atom. The summed E-state index contributed by atoms with van der Waals surface area (Å²) in [5.41, 5.74) is 6.45. The van der Waals surface area contributed by atoms with Crippen LogP contribution in [0.3, 0.4) is 0 Å². The zero-order valence-electron chi connectivity index (χ0n) is 9.67. The van der Waals surface area contributed by atoms with E-state index in [0.717, 1.165) is 37.3 Å². The lowest BCUT2D eigenvalue weighted by Crippen LogP contribution is -2.37. The predicted molar refractivity (Wildman–Crippen MR) is 72.1 cm³/mol. The first-order chi connectivity index (χ1) is 8.20. The van der Waals surface area contributed by atoms with Crippen molar-refractivity contribution < 1.29 is 5.11 Å². The Hall–Kier alpha value is -1.20. The summed E-state index contributed by atoms with van der Waals surface area (Å²) in [6.07, 6.45) is 3.90. The van der Waals surface area contributed by atoms with Crippen molar-refractivity contribution in [3.05, 3.63) is 23.9 Å². The molecule has 1 aliphatic heterocycles. The predicted octanol–water partition coefficient (Wildman–Crippen LogP) is 0.925. The van der Waals surface area contributed by atoms with Crippen molar-refractivity contribution in [2.45, 2.75) is 12.8 Å². The van der Waals surface area contributed by atoms with Crippen LogP contribution in [-0.2, 0) is 0 Å². The minimum absolute atomic E-state index is 0.242. The van der Waals surface area contributed by atoms with Gasteiger partial charge >= 0.3 is 0 Å². The van der Waals surface area contributed by atoms with E-state index in [4.69, 9.17) is 18.0 Å². The number of aromatic nitrogens is 1. The summed E-state index contributed by atoms with van der Waals surface area (Å²) in [5, 5.41) is 9.21. The largest absolute Gasteiger partial charge is 0.396 e. The van der Waals surface area contributed by atoms with E-state index in [1.54, 1.807) is 6.20 Å². The maximum absolute atomic E-state index is 9.21. The van der Waals surface area contributed by atoms with Gasteiger partial charge in [0.15, 0.2) is 0 Å². The van der Waals surface area contributed by atoms with Crippen LogP contribution >= 0.6 is 12.2 Å². The van der Waals surface area contributed by atoms with Crippen molar-refractivity contribution in [1.82, 2.24) is 4.98 Å². The van der Waals surface area contributed by atoms with Crippen LogP contribution in [0.25, 0.3) is 0 Å². The fourth-order valence-electron chi connectivity index (χ4n) is 2.17. The molecular weight excluding hydrogens is 234 g/mol. The van der Waals surface area contributed by atoms with Crippen LogP contribution in [0.2, 0.25) is 0 Å². The number of thiocarbonyl (C=S) groups is 1. The number of hydrogen-bond acceptors (Lipinski definition) is 4. The summed E-state index contributed by atoms with van der Waals surface area (Å²) in [4.78, 5) is 6.92. The molecule has 0 spiro atoms. The lowest BCUT2D eigenvalue weighted by molar-refractivity contribution is 0.208. The van der Waals surface area contributed by atoms with Gasteiger partial charge in [-0.3, -0.25) is 0 Å². The van der Waals surface area contributed by atoms with Crippen molar-refractivity contribution in [3.8, 4) is 0 Å². The number of pyridine rings is 1. The second-order valence-corrected chi connectivity index (χ2v) is 4.84. The topological polar surface area (TPSA) is 62.4 Å². The van der Waals surface area contributed by atoms with Crippen molar-refractivity contribution in [2.24, 2.45) is 11.7 Å². The molecule has 1 aliphatic rings. The van der Waals surface area contributed by atoms with Gasteiger partial charge in [0, 0.05) is 31.5 Å². The third-order valence-electron chi connectivity index (χ3n) is 3.13. The molecule has 17 heavy (non-hydrogen) atoms. The molecule has 1 unspecified atom stereocenters. The summed E-state index contributed by atoms with van der Waals surface area (Å²) in [6.45, 7) is 2.07. The molecule has 0 radical (unpaired) electrons. The lowest BCUT2D eigenvalue weighted by Gasteiger charge is -2.32. The second kappa shape index (κ2) is 5.42. The minimum atomic E-state index is 0.242. The fraction of sp³-hybridized carbons (Fsp3) is 0.500. The third kappa shape index (κ3) is 2.92. The Bertz CT molecular complexity index is 410. The van der Waals surface area contributed by atoms with Crippen LogP contribution < -0.4 is 10.6 Å². The molecule has 92 valence electrons. The zero-order valence-corrected chi connectivity index (χ0v) is 10.5. The molecule has 0 aliphatic carbocycles. The first kappa shape index (κ1) is 12.3. The molecule has 1 aromatic rings. The number of piperidine rings is 1. The van der Waals surface area contributed by atoms with Gasteiger partial charge in [0.2, 0.25) is 0 Å².